The Morgan fingerprint density at radius 2 is 2.33 bits per heavy atom. The molecule has 1 aliphatic carbocycles. The maximum Gasteiger partial charge on any atom is 0.230 e. The summed E-state index contributed by atoms with van der Waals surface area (Å²) in [4.78, 5) is 17.7. The average molecular weight is 365 g/mol. The number of thiophene rings is 1. The molecule has 3 rings (SSSR count). The normalized spacial score (nSPS) is 16.4. The van der Waals surface area contributed by atoms with Gasteiger partial charge in [0, 0.05) is 11.3 Å². The highest BCUT2D eigenvalue weighted by atomic mass is 32.2. The molecule has 130 valence electrons. The third-order valence-electron chi connectivity index (χ3n) is 4.46. The molecular weight excluding hydrogens is 340 g/mol. The second-order valence-electron chi connectivity index (χ2n) is 6.35. The van der Waals surface area contributed by atoms with E-state index in [1.54, 1.807) is 11.3 Å². The van der Waals surface area contributed by atoms with Crippen LogP contribution in [-0.4, -0.2) is 26.8 Å². The molecule has 0 spiro atoms. The highest BCUT2D eigenvalue weighted by Crippen LogP contribution is 2.28. The molecule has 0 saturated heterocycles. The van der Waals surface area contributed by atoms with Crippen molar-refractivity contribution in [1.29, 1.82) is 0 Å². The van der Waals surface area contributed by atoms with E-state index < -0.39 is 0 Å². The molecule has 1 amide bonds. The van der Waals surface area contributed by atoms with Crippen molar-refractivity contribution in [3.63, 3.8) is 0 Å². The van der Waals surface area contributed by atoms with Crippen molar-refractivity contribution in [1.82, 2.24) is 20.5 Å². The molecule has 1 fully saturated rings. The molecule has 0 aliphatic heterocycles. The number of aromatic nitrogens is 3. The van der Waals surface area contributed by atoms with E-state index in [-0.39, 0.29) is 11.9 Å². The fraction of sp³-hybridized carbons (Fsp3) is 0.588. The lowest BCUT2D eigenvalue weighted by atomic mass is 10.0. The zero-order chi connectivity index (χ0) is 16.8. The molecule has 24 heavy (non-hydrogen) atoms. The van der Waals surface area contributed by atoms with E-state index in [0.717, 1.165) is 18.2 Å². The Morgan fingerprint density at radius 1 is 1.50 bits per heavy atom. The monoisotopic (exact) mass is 364 g/mol. The summed E-state index contributed by atoms with van der Waals surface area (Å²) in [5, 5.41) is 12.9. The molecule has 0 bridgehead atoms. The second kappa shape index (κ2) is 8.67. The van der Waals surface area contributed by atoms with Crippen LogP contribution in [-0.2, 0) is 11.2 Å². The number of carbonyl (C=O) groups excluding carboxylic acids is 1. The third-order valence-corrected chi connectivity index (χ3v) is 6.36. The largest absolute Gasteiger partial charge is 0.348 e. The van der Waals surface area contributed by atoms with Gasteiger partial charge in [-0.05, 0) is 30.7 Å². The molecule has 1 saturated carbocycles. The Hall–Kier alpha value is -1.34. The van der Waals surface area contributed by atoms with Gasteiger partial charge in [0.05, 0.1) is 11.8 Å². The summed E-state index contributed by atoms with van der Waals surface area (Å²) >= 11 is 3.04. The first kappa shape index (κ1) is 17.5. The van der Waals surface area contributed by atoms with Crippen molar-refractivity contribution < 1.29 is 4.79 Å². The molecule has 2 aromatic rings. The Kier molecular flexibility index (Phi) is 6.31. The molecule has 1 unspecified atom stereocenters. The van der Waals surface area contributed by atoms with Gasteiger partial charge in [0.2, 0.25) is 11.1 Å². The van der Waals surface area contributed by atoms with Gasteiger partial charge in [-0.15, -0.1) is 16.4 Å². The molecule has 0 radical (unpaired) electrons. The number of hydrogen-bond acceptors (Lipinski definition) is 5. The minimum Gasteiger partial charge on any atom is -0.348 e. The lowest BCUT2D eigenvalue weighted by Gasteiger charge is -2.11. The highest BCUT2D eigenvalue weighted by molar-refractivity contribution is 7.99. The van der Waals surface area contributed by atoms with Crippen molar-refractivity contribution in [2.45, 2.75) is 56.6 Å². The molecule has 0 aromatic carbocycles. The topological polar surface area (TPSA) is 70.7 Å². The smallest absolute Gasteiger partial charge is 0.230 e. The van der Waals surface area contributed by atoms with E-state index in [0.29, 0.717) is 10.9 Å². The van der Waals surface area contributed by atoms with Gasteiger partial charge in [-0.25, -0.2) is 4.98 Å². The van der Waals surface area contributed by atoms with Crippen LogP contribution >= 0.6 is 23.1 Å². The van der Waals surface area contributed by atoms with Crippen molar-refractivity contribution in [3.8, 4) is 0 Å². The van der Waals surface area contributed by atoms with Crippen LogP contribution in [0, 0.1) is 5.92 Å². The maximum absolute atomic E-state index is 12.0. The molecule has 7 heteroatoms. The van der Waals surface area contributed by atoms with E-state index in [2.05, 4.69) is 20.5 Å². The minimum atomic E-state index is 0.0122. The zero-order valence-corrected chi connectivity index (χ0v) is 15.6. The quantitative estimate of drug-likeness (QED) is 0.696. The molecule has 5 nitrogen and oxygen atoms in total. The Morgan fingerprint density at radius 3 is 3.08 bits per heavy atom. The fourth-order valence-corrected chi connectivity index (χ4v) is 4.48. The number of aromatic amines is 1. The average Bonchev–Trinajstić information content (AvgIpc) is 3.33. The molecule has 2 heterocycles. The summed E-state index contributed by atoms with van der Waals surface area (Å²) in [6, 6.07) is 4.08. The van der Waals surface area contributed by atoms with E-state index in [4.69, 9.17) is 0 Å². The van der Waals surface area contributed by atoms with Gasteiger partial charge in [0.15, 0.2) is 0 Å². The van der Waals surface area contributed by atoms with Gasteiger partial charge in [-0.3, -0.25) is 9.89 Å². The number of amides is 1. The van der Waals surface area contributed by atoms with Crippen molar-refractivity contribution in [3.05, 3.63) is 28.2 Å². The third kappa shape index (κ3) is 5.08. The predicted octanol–water partition coefficient (Wildman–Crippen LogP) is 3.96. The number of thioether (sulfide) groups is 1. The van der Waals surface area contributed by atoms with Crippen LogP contribution in [0.3, 0.4) is 0 Å². The minimum absolute atomic E-state index is 0.0122. The zero-order valence-electron chi connectivity index (χ0n) is 14.0. The lowest BCUT2D eigenvalue weighted by Crippen LogP contribution is -2.27. The summed E-state index contributed by atoms with van der Waals surface area (Å²) in [7, 11) is 0. The first-order valence-electron chi connectivity index (χ1n) is 8.57. The number of rotatable bonds is 8. The SMILES string of the molecule is CC(NC(=O)CSc1n[nH]c(CCC2CCCC2)n1)c1cccs1. The van der Waals surface area contributed by atoms with Gasteiger partial charge in [0.25, 0.3) is 0 Å². The van der Waals surface area contributed by atoms with Crippen LogP contribution in [0.4, 0.5) is 0 Å². The summed E-state index contributed by atoms with van der Waals surface area (Å²) in [6.07, 6.45) is 7.62. The van der Waals surface area contributed by atoms with E-state index in [1.165, 1.54) is 48.7 Å². The van der Waals surface area contributed by atoms with Gasteiger partial charge in [-0.1, -0.05) is 43.5 Å². The van der Waals surface area contributed by atoms with Crippen LogP contribution in [0.25, 0.3) is 0 Å². The molecule has 2 N–H and O–H groups in total. The number of nitrogens with one attached hydrogen (secondary N) is 2. The van der Waals surface area contributed by atoms with E-state index >= 15 is 0 Å². The molecule has 2 aromatic heterocycles. The molecule has 1 atom stereocenters. The number of nitrogens with zero attached hydrogens (tertiary/aromatic N) is 2. The van der Waals surface area contributed by atoms with Crippen LogP contribution in [0.5, 0.6) is 0 Å². The van der Waals surface area contributed by atoms with Gasteiger partial charge in [0.1, 0.15) is 5.82 Å². The van der Waals surface area contributed by atoms with Crippen LogP contribution in [0.2, 0.25) is 0 Å². The van der Waals surface area contributed by atoms with E-state index in [1.807, 2.05) is 24.4 Å². The second-order valence-corrected chi connectivity index (χ2v) is 8.27. The van der Waals surface area contributed by atoms with Crippen LogP contribution < -0.4 is 5.32 Å². The van der Waals surface area contributed by atoms with Crippen molar-refractivity contribution in [2.24, 2.45) is 5.92 Å². The van der Waals surface area contributed by atoms with Gasteiger partial charge in [-0.2, -0.15) is 0 Å². The number of carbonyl (C=O) groups is 1. The van der Waals surface area contributed by atoms with Crippen molar-refractivity contribution >= 4 is 29.0 Å². The van der Waals surface area contributed by atoms with Crippen molar-refractivity contribution in [2.75, 3.05) is 5.75 Å². The Labute approximate surface area is 151 Å². The summed E-state index contributed by atoms with van der Waals surface area (Å²) in [5.41, 5.74) is 0. The standard InChI is InChI=1S/C17H24N4OS2/c1-12(14-7-4-10-23-14)18-16(22)11-24-17-19-15(20-21-17)9-8-13-5-2-3-6-13/h4,7,10,12-13H,2-3,5-6,8-9,11H2,1H3,(H,18,22)(H,19,20,21). The number of hydrogen-bond donors (Lipinski definition) is 2. The summed E-state index contributed by atoms with van der Waals surface area (Å²) < 4.78 is 0. The number of H-pyrrole nitrogens is 1. The summed E-state index contributed by atoms with van der Waals surface area (Å²) in [6.45, 7) is 2.00. The number of aryl methyl sites for hydroxylation is 1. The summed E-state index contributed by atoms with van der Waals surface area (Å²) in [5.74, 6) is 2.15. The highest BCUT2D eigenvalue weighted by Gasteiger charge is 2.16. The maximum atomic E-state index is 12.0. The Balaban J connectivity index is 1.39. The predicted molar refractivity (Wildman–Crippen MR) is 98.3 cm³/mol. The van der Waals surface area contributed by atoms with Crippen LogP contribution in [0.15, 0.2) is 22.7 Å². The Bertz CT molecular complexity index is 635. The molecule has 1 aliphatic rings. The molecular formula is C17H24N4OS2. The first-order valence-corrected chi connectivity index (χ1v) is 10.4. The van der Waals surface area contributed by atoms with E-state index in [9.17, 15) is 4.79 Å². The van der Waals surface area contributed by atoms with Gasteiger partial charge < -0.3 is 5.32 Å². The van der Waals surface area contributed by atoms with Crippen LogP contribution in [0.1, 0.15) is 55.8 Å². The lowest BCUT2D eigenvalue weighted by molar-refractivity contribution is -0.119. The van der Waals surface area contributed by atoms with Gasteiger partial charge >= 0.3 is 0 Å². The fourth-order valence-electron chi connectivity index (χ4n) is 3.12. The first-order chi connectivity index (χ1) is 11.7.